The van der Waals surface area contributed by atoms with Crippen molar-refractivity contribution in [3.05, 3.63) is 120 Å². The van der Waals surface area contributed by atoms with E-state index in [9.17, 15) is 35.0 Å². The highest BCUT2D eigenvalue weighted by Crippen LogP contribution is 2.49. The highest BCUT2D eigenvalue weighted by atomic mass is 32.2. The number of phenolic OH excluding ortho intramolecular Hbond substituents is 1. The molecule has 8 atom stereocenters. The zero-order valence-electron chi connectivity index (χ0n) is 25.9. The SMILES string of the molecule is OC[C@H]1O[C@@H](c2ccc(-c3ccc([C@@H]4[C@@H](CCCC(O)c5ccc(F)cc5)SC(=S)N4c4ccccc4)c(O)c3)cc2)[C@H](O)[C@@H](O)[C@@H]1O. The van der Waals surface area contributed by atoms with E-state index in [1.165, 1.54) is 12.1 Å². The molecule has 48 heavy (non-hydrogen) atoms. The molecule has 4 aromatic carbocycles. The van der Waals surface area contributed by atoms with E-state index in [1.54, 1.807) is 42.1 Å². The first-order chi connectivity index (χ1) is 23.2. The van der Waals surface area contributed by atoms with E-state index < -0.39 is 43.2 Å². The molecule has 0 bridgehead atoms. The minimum Gasteiger partial charge on any atom is -0.508 e. The van der Waals surface area contributed by atoms with Crippen LogP contribution in [0.15, 0.2) is 97.1 Å². The van der Waals surface area contributed by atoms with Gasteiger partial charge in [0.15, 0.2) is 0 Å². The number of aliphatic hydroxyl groups is 5. The molecule has 0 saturated carbocycles. The van der Waals surface area contributed by atoms with Gasteiger partial charge in [0.1, 0.15) is 46.4 Å². The minimum absolute atomic E-state index is 0.00676. The van der Waals surface area contributed by atoms with Gasteiger partial charge < -0.3 is 40.3 Å². The predicted octanol–water partition coefficient (Wildman–Crippen LogP) is 5.57. The lowest BCUT2D eigenvalue weighted by molar-refractivity contribution is -0.231. The lowest BCUT2D eigenvalue weighted by atomic mass is 9.90. The second-order valence-corrected chi connectivity index (χ2v) is 14.1. The molecule has 2 heterocycles. The molecule has 2 saturated heterocycles. The molecule has 0 radical (unpaired) electrons. The smallest absolute Gasteiger partial charge is 0.141 e. The number of hydrogen-bond donors (Lipinski definition) is 6. The number of phenols is 1. The van der Waals surface area contributed by atoms with Crippen LogP contribution >= 0.6 is 24.0 Å². The maximum atomic E-state index is 13.4. The molecule has 0 spiro atoms. The molecule has 6 rings (SSSR count). The lowest BCUT2D eigenvalue weighted by Crippen LogP contribution is -2.55. The summed E-state index contributed by atoms with van der Waals surface area (Å²) in [5.74, 6) is -0.236. The quantitative estimate of drug-likeness (QED) is 0.117. The number of hydrogen-bond acceptors (Lipinski definition) is 9. The van der Waals surface area contributed by atoms with Crippen LogP contribution in [0.1, 0.15) is 54.2 Å². The summed E-state index contributed by atoms with van der Waals surface area (Å²) in [6.45, 7) is -0.504. The first-order valence-corrected chi connectivity index (χ1v) is 17.2. The van der Waals surface area contributed by atoms with Gasteiger partial charge in [0.25, 0.3) is 0 Å². The van der Waals surface area contributed by atoms with Gasteiger partial charge in [-0.3, -0.25) is 0 Å². The fraction of sp³-hybridized carbons (Fsp3) is 0.324. The molecule has 2 aliphatic rings. The normalized spacial score (nSPS) is 26.5. The van der Waals surface area contributed by atoms with Crippen LogP contribution in [0.25, 0.3) is 11.1 Å². The number of aliphatic hydroxyl groups excluding tert-OH is 5. The zero-order valence-corrected chi connectivity index (χ0v) is 27.6. The standard InChI is InChI=1S/C37H38FNO7S2/c38-25-16-13-22(14-17-25)28(41)7-4-8-31-32(39(37(47)48-31)26-5-2-1-3-6-26)27-18-15-24(19-29(27)42)21-9-11-23(12-10-21)36-35(45)34(44)33(43)30(20-40)46-36/h1-3,5-6,9-19,28,30-36,40-45H,4,7-8,20H2/t28?,30-,31-,32-,33-,34+,35-,36+/m1/s1. The molecule has 0 amide bonds. The molecule has 1 unspecified atom stereocenters. The molecule has 11 heteroatoms. The number of aromatic hydroxyl groups is 1. The number of benzene rings is 4. The summed E-state index contributed by atoms with van der Waals surface area (Å²) in [5.41, 5.74) is 4.43. The molecule has 6 N–H and O–H groups in total. The first-order valence-electron chi connectivity index (χ1n) is 15.9. The van der Waals surface area contributed by atoms with Gasteiger partial charge in [0.05, 0.1) is 18.8 Å². The molecule has 0 aliphatic carbocycles. The minimum atomic E-state index is -1.47. The van der Waals surface area contributed by atoms with Gasteiger partial charge in [-0.05, 0) is 71.8 Å². The summed E-state index contributed by atoms with van der Waals surface area (Å²) in [4.78, 5) is 2.07. The highest BCUT2D eigenvalue weighted by Gasteiger charge is 2.44. The van der Waals surface area contributed by atoms with E-state index in [-0.39, 0.29) is 22.9 Å². The highest BCUT2D eigenvalue weighted by molar-refractivity contribution is 8.24. The lowest BCUT2D eigenvalue weighted by Gasteiger charge is -2.40. The van der Waals surface area contributed by atoms with Crippen LogP contribution in [0.2, 0.25) is 0 Å². The third-order valence-electron chi connectivity index (χ3n) is 9.15. The Morgan fingerprint density at radius 2 is 1.54 bits per heavy atom. The van der Waals surface area contributed by atoms with Crippen LogP contribution in [0.5, 0.6) is 5.75 Å². The zero-order chi connectivity index (χ0) is 33.9. The van der Waals surface area contributed by atoms with Gasteiger partial charge in [0, 0.05) is 16.5 Å². The van der Waals surface area contributed by atoms with Crippen molar-refractivity contribution in [1.29, 1.82) is 0 Å². The summed E-state index contributed by atoms with van der Waals surface area (Å²) < 4.78 is 19.8. The molecule has 2 fully saturated rings. The fourth-order valence-corrected chi connectivity index (χ4v) is 8.38. The second-order valence-electron chi connectivity index (χ2n) is 12.2. The second kappa shape index (κ2) is 15.0. The van der Waals surface area contributed by atoms with Crippen molar-refractivity contribution in [3.8, 4) is 16.9 Å². The largest absolute Gasteiger partial charge is 0.508 e. The third-order valence-corrected chi connectivity index (χ3v) is 10.8. The van der Waals surface area contributed by atoms with Crippen molar-refractivity contribution >= 4 is 34.0 Å². The Kier molecular flexibility index (Phi) is 10.8. The number of thioether (sulfide) groups is 1. The van der Waals surface area contributed by atoms with Gasteiger partial charge in [-0.25, -0.2) is 4.39 Å². The number of ether oxygens (including phenoxy) is 1. The van der Waals surface area contributed by atoms with Gasteiger partial charge in [0.2, 0.25) is 0 Å². The monoisotopic (exact) mass is 691 g/mol. The summed E-state index contributed by atoms with van der Waals surface area (Å²) in [6, 6.07) is 28.1. The summed E-state index contributed by atoms with van der Waals surface area (Å²) in [5, 5.41) is 62.6. The first kappa shape index (κ1) is 34.5. The number of nitrogens with zero attached hydrogens (tertiary/aromatic N) is 1. The Morgan fingerprint density at radius 1 is 0.854 bits per heavy atom. The van der Waals surface area contributed by atoms with E-state index in [2.05, 4.69) is 4.90 Å². The van der Waals surface area contributed by atoms with Gasteiger partial charge >= 0.3 is 0 Å². The average Bonchev–Trinajstić information content (AvgIpc) is 3.43. The summed E-state index contributed by atoms with van der Waals surface area (Å²) in [6.07, 6.45) is -5.02. The maximum absolute atomic E-state index is 13.4. The van der Waals surface area contributed by atoms with Crippen molar-refractivity contribution in [2.75, 3.05) is 11.5 Å². The average molecular weight is 692 g/mol. The fourth-order valence-electron chi connectivity index (χ4n) is 6.52. The van der Waals surface area contributed by atoms with E-state index >= 15 is 0 Å². The molecular formula is C37H38FNO7S2. The Bertz CT molecular complexity index is 1690. The number of anilines is 1. The molecule has 0 aromatic heterocycles. The molecule has 8 nitrogen and oxygen atoms in total. The number of para-hydroxylation sites is 1. The van der Waals surface area contributed by atoms with E-state index in [0.717, 1.165) is 28.8 Å². The predicted molar refractivity (Wildman–Crippen MR) is 187 cm³/mol. The van der Waals surface area contributed by atoms with E-state index in [0.29, 0.717) is 28.3 Å². The van der Waals surface area contributed by atoms with Crippen LogP contribution in [-0.4, -0.2) is 71.2 Å². The number of rotatable bonds is 10. The van der Waals surface area contributed by atoms with E-state index in [4.69, 9.17) is 17.0 Å². The van der Waals surface area contributed by atoms with Crippen molar-refractivity contribution in [2.45, 2.75) is 67.2 Å². The van der Waals surface area contributed by atoms with Crippen molar-refractivity contribution in [1.82, 2.24) is 0 Å². The van der Waals surface area contributed by atoms with Crippen molar-refractivity contribution in [3.63, 3.8) is 0 Å². The molecule has 4 aromatic rings. The van der Waals surface area contributed by atoms with Crippen LogP contribution in [0, 0.1) is 5.82 Å². The Labute approximate surface area is 288 Å². The Hall–Kier alpha value is -3.39. The summed E-state index contributed by atoms with van der Waals surface area (Å²) >= 11 is 7.45. The van der Waals surface area contributed by atoms with Crippen LogP contribution in [-0.2, 0) is 4.74 Å². The molecule has 2 aliphatic heterocycles. The molecular weight excluding hydrogens is 654 g/mol. The van der Waals surface area contributed by atoms with Crippen LogP contribution < -0.4 is 4.90 Å². The van der Waals surface area contributed by atoms with Gasteiger partial charge in [-0.2, -0.15) is 0 Å². The Morgan fingerprint density at radius 3 is 2.21 bits per heavy atom. The Balaban J connectivity index is 1.22. The van der Waals surface area contributed by atoms with E-state index in [1.807, 2.05) is 54.6 Å². The van der Waals surface area contributed by atoms with Gasteiger partial charge in [-0.15, -0.1) is 0 Å². The topological polar surface area (TPSA) is 134 Å². The molecule has 252 valence electrons. The van der Waals surface area contributed by atoms with Crippen LogP contribution in [0.3, 0.4) is 0 Å². The number of thiocarbonyl (C=S) groups is 1. The van der Waals surface area contributed by atoms with Crippen LogP contribution in [0.4, 0.5) is 10.1 Å². The van der Waals surface area contributed by atoms with Gasteiger partial charge in [-0.1, -0.05) is 90.7 Å². The maximum Gasteiger partial charge on any atom is 0.141 e. The summed E-state index contributed by atoms with van der Waals surface area (Å²) in [7, 11) is 0. The van der Waals surface area contributed by atoms with Crippen molar-refractivity contribution in [2.24, 2.45) is 0 Å². The van der Waals surface area contributed by atoms with Crippen molar-refractivity contribution < 1.29 is 39.8 Å². The third kappa shape index (κ3) is 7.15. The number of halogens is 1.